The zero-order valence-corrected chi connectivity index (χ0v) is 11.8. The molecule has 106 valence electrons. The largest absolute Gasteiger partial charge is 0.442 e. The van der Waals surface area contributed by atoms with E-state index in [1.807, 2.05) is 0 Å². The van der Waals surface area contributed by atoms with Crippen LogP contribution in [0.15, 0.2) is 34.9 Å². The molecule has 1 atom stereocenters. The third kappa shape index (κ3) is 2.58. The number of rotatable bonds is 3. The lowest BCUT2D eigenvalue weighted by atomic mass is 9.87. The van der Waals surface area contributed by atoms with Crippen LogP contribution in [0.5, 0.6) is 0 Å². The number of fused-ring (bicyclic) bond motifs is 1. The van der Waals surface area contributed by atoms with Gasteiger partial charge >= 0.3 is 5.97 Å². The number of ether oxygens (including phenoxy) is 1. The number of carbonyl (C=O) groups is 3. The van der Waals surface area contributed by atoms with Crippen LogP contribution in [0.25, 0.3) is 0 Å². The zero-order chi connectivity index (χ0) is 15.6. The van der Waals surface area contributed by atoms with Crippen molar-refractivity contribution >= 4 is 29.1 Å². The zero-order valence-electron chi connectivity index (χ0n) is 11.1. The Morgan fingerprint density at radius 1 is 1.29 bits per heavy atom. The Labute approximate surface area is 125 Å². The second-order valence-electron chi connectivity index (χ2n) is 4.28. The molecule has 0 N–H and O–H groups in total. The van der Waals surface area contributed by atoms with E-state index in [2.05, 4.69) is 0 Å². The van der Waals surface area contributed by atoms with Gasteiger partial charge in [0.15, 0.2) is 5.78 Å². The summed E-state index contributed by atoms with van der Waals surface area (Å²) in [7, 11) is 0. The van der Waals surface area contributed by atoms with Gasteiger partial charge in [-0.05, 0) is 0 Å². The molecule has 0 radical (unpaired) electrons. The second-order valence-corrected chi connectivity index (χ2v) is 4.66. The number of hydrogen-bond donors (Lipinski definition) is 0. The van der Waals surface area contributed by atoms with E-state index in [1.54, 1.807) is 25.1 Å². The highest BCUT2D eigenvalue weighted by Gasteiger charge is 2.37. The van der Waals surface area contributed by atoms with Crippen LogP contribution in [0.4, 0.5) is 0 Å². The molecule has 0 heterocycles. The first-order valence-corrected chi connectivity index (χ1v) is 6.56. The van der Waals surface area contributed by atoms with E-state index in [9.17, 15) is 14.4 Å². The first-order valence-electron chi connectivity index (χ1n) is 6.18. The quantitative estimate of drug-likeness (QED) is 0.801. The molecule has 0 amide bonds. The fraction of sp³-hybridized carbons (Fsp3) is 0.200. The molecule has 1 aromatic carbocycles. The average Bonchev–Trinajstić information content (AvgIpc) is 2.51. The van der Waals surface area contributed by atoms with Gasteiger partial charge in [-0.25, -0.2) is 0 Å². The molecule has 0 saturated heterocycles. The van der Waals surface area contributed by atoms with Gasteiger partial charge in [-0.2, -0.15) is 5.26 Å². The monoisotopic (exact) mass is 303 g/mol. The normalized spacial score (nSPS) is 15.3. The van der Waals surface area contributed by atoms with Gasteiger partial charge in [0.25, 0.3) is 0 Å². The minimum absolute atomic E-state index is 0.0435. The van der Waals surface area contributed by atoms with Crippen LogP contribution >= 0.6 is 11.6 Å². The summed E-state index contributed by atoms with van der Waals surface area (Å²) in [5, 5.41) is 8.73. The number of carbonyl (C=O) groups excluding carboxylic acids is 3. The highest BCUT2D eigenvalue weighted by atomic mass is 35.5. The molecule has 0 unspecified atom stereocenters. The lowest BCUT2D eigenvalue weighted by molar-refractivity contribution is -0.144. The summed E-state index contributed by atoms with van der Waals surface area (Å²) in [6.45, 7) is 1.55. The van der Waals surface area contributed by atoms with Crippen molar-refractivity contribution in [2.75, 3.05) is 0 Å². The predicted molar refractivity (Wildman–Crippen MR) is 73.8 cm³/mol. The number of halogens is 1. The molecular weight excluding hydrogens is 294 g/mol. The van der Waals surface area contributed by atoms with Gasteiger partial charge < -0.3 is 4.74 Å². The molecule has 6 heteroatoms. The highest BCUT2D eigenvalue weighted by Crippen LogP contribution is 2.31. The number of nitriles is 1. The van der Waals surface area contributed by atoms with Crippen molar-refractivity contribution in [2.45, 2.75) is 19.4 Å². The molecular formula is C15H10ClNO4. The van der Waals surface area contributed by atoms with E-state index < -0.39 is 23.6 Å². The van der Waals surface area contributed by atoms with E-state index in [1.165, 1.54) is 12.1 Å². The molecule has 0 aromatic heterocycles. The maximum absolute atomic E-state index is 12.4. The van der Waals surface area contributed by atoms with Gasteiger partial charge in [-0.15, -0.1) is 0 Å². The summed E-state index contributed by atoms with van der Waals surface area (Å²) in [5.41, 5.74) is 0.0362. The Kier molecular flexibility index (Phi) is 4.20. The molecule has 21 heavy (non-hydrogen) atoms. The Morgan fingerprint density at radius 2 is 1.86 bits per heavy atom. The maximum Gasteiger partial charge on any atom is 0.307 e. The van der Waals surface area contributed by atoms with Gasteiger partial charge in [0.05, 0.1) is 5.57 Å². The number of hydrogen-bond acceptors (Lipinski definition) is 5. The Hall–Kier alpha value is -2.45. The number of Topliss-reactive ketones (excluding diaryl/α,β-unsaturated/α-hetero) is 2. The third-order valence-corrected chi connectivity index (χ3v) is 3.39. The standard InChI is InChI=1S/C15H10ClNO4/c1-2-11(18)21-10(7-17)12-13(16)15(20)9-6-4-3-5-8(9)14(12)19/h3-6,10H,2H2,1H3/t10-/m0/s1. The number of allylic oxidation sites excluding steroid dienone is 1. The Bertz CT molecular complexity index is 715. The third-order valence-electron chi connectivity index (χ3n) is 3.01. The number of esters is 1. The van der Waals surface area contributed by atoms with Crippen LogP contribution in [0.1, 0.15) is 34.1 Å². The summed E-state index contributed by atoms with van der Waals surface area (Å²) in [4.78, 5) is 35.9. The lowest BCUT2D eigenvalue weighted by Gasteiger charge is -2.20. The van der Waals surface area contributed by atoms with E-state index >= 15 is 0 Å². The molecule has 2 rings (SSSR count). The van der Waals surface area contributed by atoms with E-state index in [0.29, 0.717) is 0 Å². The highest BCUT2D eigenvalue weighted by molar-refractivity contribution is 6.50. The van der Waals surface area contributed by atoms with Crippen molar-refractivity contribution in [2.24, 2.45) is 0 Å². The molecule has 0 saturated carbocycles. The van der Waals surface area contributed by atoms with E-state index in [-0.39, 0.29) is 28.2 Å². The van der Waals surface area contributed by atoms with Crippen LogP contribution < -0.4 is 0 Å². The summed E-state index contributed by atoms with van der Waals surface area (Å²) in [6.07, 6.45) is -1.45. The predicted octanol–water partition coefficient (Wildman–Crippen LogP) is 2.40. The van der Waals surface area contributed by atoms with Crippen molar-refractivity contribution in [3.63, 3.8) is 0 Å². The topological polar surface area (TPSA) is 84.2 Å². The fourth-order valence-corrected chi connectivity index (χ4v) is 2.25. The molecule has 0 aliphatic heterocycles. The van der Waals surface area contributed by atoms with Crippen LogP contribution in [0.3, 0.4) is 0 Å². The molecule has 1 aliphatic rings. The number of benzene rings is 1. The van der Waals surface area contributed by atoms with Crippen LogP contribution in [0, 0.1) is 11.3 Å². The number of nitrogens with zero attached hydrogens (tertiary/aromatic N) is 1. The van der Waals surface area contributed by atoms with Crippen LogP contribution in [0.2, 0.25) is 0 Å². The van der Waals surface area contributed by atoms with Crippen LogP contribution in [-0.4, -0.2) is 23.6 Å². The van der Waals surface area contributed by atoms with Crippen molar-refractivity contribution in [3.8, 4) is 6.07 Å². The lowest BCUT2D eigenvalue weighted by Crippen LogP contribution is -2.29. The first kappa shape index (κ1) is 14.9. The Morgan fingerprint density at radius 3 is 2.38 bits per heavy atom. The van der Waals surface area contributed by atoms with Crippen molar-refractivity contribution in [1.29, 1.82) is 5.26 Å². The average molecular weight is 304 g/mol. The molecule has 0 spiro atoms. The summed E-state index contributed by atoms with van der Waals surface area (Å²) in [5.74, 6) is -1.79. The van der Waals surface area contributed by atoms with E-state index in [4.69, 9.17) is 21.6 Å². The van der Waals surface area contributed by atoms with Gasteiger partial charge in [-0.3, -0.25) is 14.4 Å². The molecule has 5 nitrogen and oxygen atoms in total. The molecule has 0 bridgehead atoms. The van der Waals surface area contributed by atoms with Gasteiger partial charge in [0.1, 0.15) is 11.1 Å². The van der Waals surface area contributed by atoms with Gasteiger partial charge in [-0.1, -0.05) is 42.8 Å². The number of ketones is 2. The van der Waals surface area contributed by atoms with Crippen molar-refractivity contribution in [3.05, 3.63) is 46.0 Å². The molecule has 1 aliphatic carbocycles. The van der Waals surface area contributed by atoms with Crippen molar-refractivity contribution in [1.82, 2.24) is 0 Å². The smallest absolute Gasteiger partial charge is 0.307 e. The van der Waals surface area contributed by atoms with Crippen molar-refractivity contribution < 1.29 is 19.1 Å². The summed E-state index contributed by atoms with van der Waals surface area (Å²) < 4.78 is 4.88. The maximum atomic E-state index is 12.4. The van der Waals surface area contributed by atoms with Gasteiger partial charge in [0.2, 0.25) is 11.9 Å². The van der Waals surface area contributed by atoms with Crippen LogP contribution in [-0.2, 0) is 9.53 Å². The minimum Gasteiger partial charge on any atom is -0.442 e. The minimum atomic E-state index is -1.49. The molecule has 1 aromatic rings. The Balaban J connectivity index is 2.51. The second kappa shape index (κ2) is 5.90. The van der Waals surface area contributed by atoms with E-state index in [0.717, 1.165) is 0 Å². The SMILES string of the molecule is CCC(=O)O[C@@H](C#N)C1=C(Cl)C(=O)c2ccccc2C1=O. The van der Waals surface area contributed by atoms with Gasteiger partial charge in [0, 0.05) is 17.5 Å². The fourth-order valence-electron chi connectivity index (χ4n) is 1.96. The summed E-state index contributed by atoms with van der Waals surface area (Å²) in [6, 6.07) is 7.85. The first-order chi connectivity index (χ1) is 10.0. The summed E-state index contributed by atoms with van der Waals surface area (Å²) >= 11 is 5.92. The molecule has 0 fully saturated rings.